The van der Waals surface area contributed by atoms with E-state index in [4.69, 9.17) is 12.6 Å². The summed E-state index contributed by atoms with van der Waals surface area (Å²) in [4.78, 5) is 0. The van der Waals surface area contributed by atoms with E-state index in [1.165, 1.54) is 0 Å². The Labute approximate surface area is 275 Å². The summed E-state index contributed by atoms with van der Waals surface area (Å²) in [6.45, 7) is 0. The molecule has 9 aromatic rings. The zero-order chi connectivity index (χ0) is 38.4. The zero-order valence-corrected chi connectivity index (χ0v) is 23.8. The van der Waals surface area contributed by atoms with Crippen LogP contribution >= 0.6 is 0 Å². The fourth-order valence-electron chi connectivity index (χ4n) is 6.41. The molecule has 0 amide bonds. The highest BCUT2D eigenvalue weighted by Crippen LogP contribution is 2.50. The molecule has 0 aliphatic rings. The zero-order valence-electron chi connectivity index (χ0n) is 33.8. The molecular weight excluding hydrogens is 544 g/mol. The number of rotatable bonds is 4. The monoisotopic (exact) mass is 582 g/mol. The predicted octanol–water partition coefficient (Wildman–Crippen LogP) is 12.6. The van der Waals surface area contributed by atoms with Gasteiger partial charge in [-0.3, -0.25) is 0 Å². The highest BCUT2D eigenvalue weighted by atomic mass is 16.3. The predicted molar refractivity (Wildman–Crippen MR) is 190 cm³/mol. The van der Waals surface area contributed by atoms with Gasteiger partial charge in [0, 0.05) is 16.3 Å². The number of hydrogen-bond donors (Lipinski definition) is 0. The van der Waals surface area contributed by atoms with Crippen molar-refractivity contribution in [1.29, 1.82) is 0 Å². The molecule has 0 bridgehead atoms. The van der Waals surface area contributed by atoms with Gasteiger partial charge in [0.25, 0.3) is 0 Å². The second-order valence-corrected chi connectivity index (χ2v) is 10.8. The van der Waals surface area contributed by atoms with Crippen LogP contribution < -0.4 is 0 Å². The number of para-hydroxylation sites is 1. The van der Waals surface area contributed by atoms with Crippen molar-refractivity contribution in [3.63, 3.8) is 0 Å². The average molecular weight is 583 g/mol. The lowest BCUT2D eigenvalue weighted by Gasteiger charge is -2.20. The molecule has 0 N–H and O–H groups in total. The fourth-order valence-corrected chi connectivity index (χ4v) is 6.41. The molecule has 0 saturated heterocycles. The molecule has 1 aromatic heterocycles. The van der Waals surface area contributed by atoms with Crippen molar-refractivity contribution in [2.24, 2.45) is 0 Å². The Morgan fingerprint density at radius 1 is 0.378 bits per heavy atom. The Kier molecular flexibility index (Phi) is 4.01. The third-order valence-corrected chi connectivity index (χ3v) is 8.32. The smallest absolute Gasteiger partial charge is 0.136 e. The molecular formula is C44H28O. The molecule has 0 aliphatic heterocycles. The Bertz CT molecular complexity index is 3030. The summed E-state index contributed by atoms with van der Waals surface area (Å²) in [6, 6.07) is 30.2. The maximum Gasteiger partial charge on any atom is 0.136 e. The molecule has 0 aliphatic carbocycles. The van der Waals surface area contributed by atoms with Crippen LogP contribution in [0.1, 0.15) is 13.7 Å². The second kappa shape index (κ2) is 10.4. The van der Waals surface area contributed by atoms with Crippen molar-refractivity contribution >= 4 is 43.5 Å². The molecule has 0 saturated carbocycles. The van der Waals surface area contributed by atoms with E-state index in [1.807, 2.05) is 84.9 Å². The van der Waals surface area contributed by atoms with E-state index >= 15 is 0 Å². The first kappa shape index (κ1) is 17.4. The van der Waals surface area contributed by atoms with Crippen LogP contribution in [0.15, 0.2) is 174 Å². The summed E-state index contributed by atoms with van der Waals surface area (Å²) < 4.78 is 96.3. The van der Waals surface area contributed by atoms with Gasteiger partial charge in [0.15, 0.2) is 0 Å². The Morgan fingerprint density at radius 2 is 0.956 bits per heavy atom. The van der Waals surface area contributed by atoms with Crippen LogP contribution in [-0.2, 0) is 0 Å². The lowest BCUT2D eigenvalue weighted by atomic mass is 9.82. The van der Waals surface area contributed by atoms with E-state index in [-0.39, 0.29) is 81.4 Å². The summed E-state index contributed by atoms with van der Waals surface area (Å²) >= 11 is 0. The van der Waals surface area contributed by atoms with Crippen LogP contribution in [0.2, 0.25) is 0 Å². The van der Waals surface area contributed by atoms with E-state index in [9.17, 15) is 5.48 Å². The quantitative estimate of drug-likeness (QED) is 0.188. The molecule has 0 spiro atoms. The fraction of sp³-hybridized carbons (Fsp3) is 0. The van der Waals surface area contributed by atoms with Crippen LogP contribution in [0, 0.1) is 0 Å². The number of fused-ring (bicyclic) bond motifs is 5. The van der Waals surface area contributed by atoms with Crippen LogP contribution in [-0.4, -0.2) is 0 Å². The standard InChI is InChI=1S/C44H28O/c1-3-14-29(15-4-1)31-18-13-19-32(28-31)41-34-20-7-9-22-36(34)42(37-23-10-8-21-35(37)41)44-33(30-16-5-2-6-17-30)26-27-40-43(44)38-24-11-12-25-39(38)45-40/h1-28H/i11D,12D,13D,18D,19D,24D,25D,26D,27D,28D. The molecule has 210 valence electrons. The van der Waals surface area contributed by atoms with Crippen LogP contribution in [0.3, 0.4) is 0 Å². The normalized spacial score (nSPS) is 14.7. The number of furan rings is 1. The van der Waals surface area contributed by atoms with Crippen molar-refractivity contribution < 1.29 is 18.1 Å². The molecule has 9 rings (SSSR count). The molecule has 45 heavy (non-hydrogen) atoms. The lowest BCUT2D eigenvalue weighted by molar-refractivity contribution is 0.669. The molecule has 0 unspecified atom stereocenters. The van der Waals surface area contributed by atoms with Gasteiger partial charge in [0.1, 0.15) is 11.2 Å². The Balaban J connectivity index is 1.54. The van der Waals surface area contributed by atoms with Gasteiger partial charge in [-0.05, 0) is 78.6 Å². The van der Waals surface area contributed by atoms with Crippen molar-refractivity contribution in [2.45, 2.75) is 0 Å². The van der Waals surface area contributed by atoms with Crippen LogP contribution in [0.4, 0.5) is 0 Å². The largest absolute Gasteiger partial charge is 0.456 e. The van der Waals surface area contributed by atoms with Gasteiger partial charge < -0.3 is 4.42 Å². The first-order chi connectivity index (χ1) is 26.5. The first-order valence-corrected chi connectivity index (χ1v) is 14.6. The van der Waals surface area contributed by atoms with Gasteiger partial charge in [-0.1, -0.05) is 151 Å². The maximum atomic E-state index is 9.57. The summed E-state index contributed by atoms with van der Waals surface area (Å²) in [5.41, 5.74) is 3.41. The third kappa shape index (κ3) is 4.09. The van der Waals surface area contributed by atoms with E-state index in [1.54, 1.807) is 24.3 Å². The second-order valence-electron chi connectivity index (χ2n) is 10.8. The van der Waals surface area contributed by atoms with Crippen molar-refractivity contribution in [1.82, 2.24) is 0 Å². The Morgan fingerprint density at radius 3 is 1.64 bits per heavy atom. The highest BCUT2D eigenvalue weighted by molar-refractivity contribution is 6.27. The number of hydrogen-bond acceptors (Lipinski definition) is 1. The topological polar surface area (TPSA) is 13.1 Å². The molecule has 0 radical (unpaired) electrons. The molecule has 0 fully saturated rings. The first-order valence-electron chi connectivity index (χ1n) is 19.6. The van der Waals surface area contributed by atoms with Crippen molar-refractivity contribution in [2.75, 3.05) is 0 Å². The average Bonchev–Trinajstić information content (AvgIpc) is 3.61. The number of benzene rings is 8. The van der Waals surface area contributed by atoms with Crippen molar-refractivity contribution in [3.8, 4) is 44.5 Å². The van der Waals surface area contributed by atoms with Gasteiger partial charge in [-0.2, -0.15) is 0 Å². The third-order valence-electron chi connectivity index (χ3n) is 8.32. The van der Waals surface area contributed by atoms with Gasteiger partial charge in [0.2, 0.25) is 0 Å². The van der Waals surface area contributed by atoms with E-state index in [0.717, 1.165) is 0 Å². The minimum atomic E-state index is -0.473. The summed E-state index contributed by atoms with van der Waals surface area (Å²) in [7, 11) is 0. The van der Waals surface area contributed by atoms with E-state index in [2.05, 4.69) is 0 Å². The van der Waals surface area contributed by atoms with Crippen molar-refractivity contribution in [3.05, 3.63) is 170 Å². The minimum absolute atomic E-state index is 0.0433. The molecule has 1 heterocycles. The summed E-state index contributed by atoms with van der Waals surface area (Å²) in [5, 5.41) is 2.89. The SMILES string of the molecule is [2H]c1c([2H])c(-c2ccccc2)c([2H])c(-c2c3ccccc3c(-c3c(-c4ccccc4)c([2H])c([2H])c4oc5c([2H])c([2H])c([2H])c([2H])c5c34)c3ccccc23)c1[2H]. The highest BCUT2D eigenvalue weighted by Gasteiger charge is 2.23. The van der Waals surface area contributed by atoms with E-state index < -0.39 is 12.1 Å². The summed E-state index contributed by atoms with van der Waals surface area (Å²) in [5.74, 6) is 0. The van der Waals surface area contributed by atoms with Gasteiger partial charge in [-0.25, -0.2) is 0 Å². The molecule has 1 nitrogen and oxygen atoms in total. The summed E-state index contributed by atoms with van der Waals surface area (Å²) in [6.07, 6.45) is 0. The van der Waals surface area contributed by atoms with E-state index in [0.29, 0.717) is 54.9 Å². The minimum Gasteiger partial charge on any atom is -0.456 e. The van der Waals surface area contributed by atoms with Gasteiger partial charge >= 0.3 is 0 Å². The molecule has 1 heteroatoms. The maximum absolute atomic E-state index is 9.57. The van der Waals surface area contributed by atoms with Crippen LogP contribution in [0.25, 0.3) is 88.0 Å². The van der Waals surface area contributed by atoms with Crippen LogP contribution in [0.5, 0.6) is 0 Å². The lowest BCUT2D eigenvalue weighted by Crippen LogP contribution is -1.94. The molecule has 8 aromatic carbocycles. The molecule has 0 atom stereocenters. The Hall–Kier alpha value is -5.92. The van der Waals surface area contributed by atoms with Gasteiger partial charge in [-0.15, -0.1) is 0 Å². The van der Waals surface area contributed by atoms with Gasteiger partial charge in [0.05, 0.1) is 13.7 Å².